The normalized spacial score (nSPS) is 11.1. The van der Waals surface area contributed by atoms with Crippen LogP contribution in [0.15, 0.2) is 60.0 Å². The zero-order valence-electron chi connectivity index (χ0n) is 14.8. The van der Waals surface area contributed by atoms with Crippen molar-refractivity contribution in [1.29, 1.82) is 0 Å². The number of halogens is 1. The van der Waals surface area contributed by atoms with Crippen LogP contribution < -0.4 is 10.6 Å². The van der Waals surface area contributed by atoms with Crippen molar-refractivity contribution < 1.29 is 14.0 Å². The molecular weight excluding hydrogens is 365 g/mol. The molecule has 27 heavy (non-hydrogen) atoms. The third-order valence-electron chi connectivity index (χ3n) is 3.89. The number of nitrogens with zero attached hydrogens (tertiary/aromatic N) is 1. The Bertz CT molecular complexity index is 953. The molecule has 0 spiro atoms. The van der Waals surface area contributed by atoms with Crippen molar-refractivity contribution in [2.75, 3.05) is 5.32 Å². The second-order valence-corrected chi connectivity index (χ2v) is 7.30. The molecule has 138 valence electrons. The molecule has 0 radical (unpaired) electrons. The summed E-state index contributed by atoms with van der Waals surface area (Å²) in [5.74, 6) is -1.28. The van der Waals surface area contributed by atoms with E-state index in [1.54, 1.807) is 13.8 Å². The summed E-state index contributed by atoms with van der Waals surface area (Å²) in [6.45, 7) is 3.19. The minimum Gasteiger partial charge on any atom is -0.338 e. The quantitative estimate of drug-likeness (QED) is 0.697. The smallest absolute Gasteiger partial charge is 0.252 e. The molecule has 2 N–H and O–H groups in total. The summed E-state index contributed by atoms with van der Waals surface area (Å²) in [5.41, 5.74) is 0.824. The van der Waals surface area contributed by atoms with Gasteiger partial charge in [0.25, 0.3) is 11.8 Å². The molecule has 5 nitrogen and oxygen atoms in total. The van der Waals surface area contributed by atoms with Crippen molar-refractivity contribution in [2.45, 2.75) is 19.4 Å². The SMILES string of the molecule is CC(C)(NC(=O)c1ccc(F)cc1)C(=O)Nc1nc(-c2ccccc2)cs1. The van der Waals surface area contributed by atoms with Crippen molar-refractivity contribution in [2.24, 2.45) is 0 Å². The largest absolute Gasteiger partial charge is 0.338 e. The number of aromatic nitrogens is 1. The van der Waals surface area contributed by atoms with Crippen LogP contribution in [-0.4, -0.2) is 22.3 Å². The molecule has 0 saturated heterocycles. The van der Waals surface area contributed by atoms with Crippen LogP contribution in [-0.2, 0) is 4.79 Å². The number of hydrogen-bond donors (Lipinski definition) is 2. The first-order valence-corrected chi connectivity index (χ1v) is 9.13. The van der Waals surface area contributed by atoms with E-state index in [2.05, 4.69) is 15.6 Å². The zero-order chi connectivity index (χ0) is 19.4. The van der Waals surface area contributed by atoms with Crippen LogP contribution in [0.4, 0.5) is 9.52 Å². The maximum absolute atomic E-state index is 13.0. The predicted molar refractivity (Wildman–Crippen MR) is 104 cm³/mol. The third kappa shape index (κ3) is 4.57. The molecule has 0 aliphatic heterocycles. The summed E-state index contributed by atoms with van der Waals surface area (Å²) in [7, 11) is 0. The molecule has 1 heterocycles. The third-order valence-corrected chi connectivity index (χ3v) is 4.65. The van der Waals surface area contributed by atoms with Crippen molar-refractivity contribution in [1.82, 2.24) is 10.3 Å². The van der Waals surface area contributed by atoms with Crippen LogP contribution >= 0.6 is 11.3 Å². The Morgan fingerprint density at radius 3 is 2.37 bits per heavy atom. The van der Waals surface area contributed by atoms with Crippen molar-refractivity contribution in [3.63, 3.8) is 0 Å². The van der Waals surface area contributed by atoms with E-state index >= 15 is 0 Å². The van der Waals surface area contributed by atoms with E-state index in [1.165, 1.54) is 35.6 Å². The van der Waals surface area contributed by atoms with Gasteiger partial charge in [-0.3, -0.25) is 14.9 Å². The van der Waals surface area contributed by atoms with Crippen molar-refractivity contribution in [3.05, 3.63) is 71.4 Å². The van der Waals surface area contributed by atoms with Crippen LogP contribution in [0.1, 0.15) is 24.2 Å². The fourth-order valence-electron chi connectivity index (χ4n) is 2.34. The number of thiazole rings is 1. The van der Waals surface area contributed by atoms with Crippen LogP contribution in [0, 0.1) is 5.82 Å². The molecule has 0 bridgehead atoms. The monoisotopic (exact) mass is 383 g/mol. The van der Waals surface area contributed by atoms with Gasteiger partial charge in [-0.2, -0.15) is 0 Å². The van der Waals surface area contributed by atoms with Crippen LogP contribution in [0.25, 0.3) is 11.3 Å². The van der Waals surface area contributed by atoms with E-state index < -0.39 is 23.2 Å². The lowest BCUT2D eigenvalue weighted by Crippen LogP contribution is -2.52. The highest BCUT2D eigenvalue weighted by atomic mass is 32.1. The number of nitrogens with one attached hydrogen (secondary N) is 2. The molecule has 0 atom stereocenters. The highest BCUT2D eigenvalue weighted by Crippen LogP contribution is 2.25. The number of benzene rings is 2. The Balaban J connectivity index is 1.66. The number of carbonyl (C=O) groups excluding carboxylic acids is 2. The van der Waals surface area contributed by atoms with Gasteiger partial charge in [0, 0.05) is 16.5 Å². The molecule has 7 heteroatoms. The van der Waals surface area contributed by atoms with Gasteiger partial charge in [-0.05, 0) is 38.1 Å². The lowest BCUT2D eigenvalue weighted by atomic mass is 10.0. The highest BCUT2D eigenvalue weighted by Gasteiger charge is 2.30. The molecule has 2 amide bonds. The topological polar surface area (TPSA) is 71.1 Å². The molecule has 0 fully saturated rings. The van der Waals surface area contributed by atoms with E-state index in [9.17, 15) is 14.0 Å². The van der Waals surface area contributed by atoms with Gasteiger partial charge in [-0.25, -0.2) is 9.37 Å². The number of anilines is 1. The van der Waals surface area contributed by atoms with Gasteiger partial charge in [-0.1, -0.05) is 30.3 Å². The molecule has 2 aromatic carbocycles. The lowest BCUT2D eigenvalue weighted by Gasteiger charge is -2.24. The number of carbonyl (C=O) groups is 2. The maximum Gasteiger partial charge on any atom is 0.252 e. The molecule has 1 aromatic heterocycles. The molecule has 0 aliphatic carbocycles. The lowest BCUT2D eigenvalue weighted by molar-refractivity contribution is -0.120. The average molecular weight is 383 g/mol. The standard InChI is InChI=1S/C20H18FN3O2S/c1-20(2,24-17(25)14-8-10-15(21)11-9-14)18(26)23-19-22-16(12-27-19)13-6-4-3-5-7-13/h3-12H,1-2H3,(H,24,25)(H,22,23,26). The van der Waals surface area contributed by atoms with Crippen molar-refractivity contribution >= 4 is 28.3 Å². The maximum atomic E-state index is 13.0. The molecule has 3 aromatic rings. The minimum atomic E-state index is -1.18. The van der Waals surface area contributed by atoms with Crippen LogP contribution in [0.3, 0.4) is 0 Å². The molecule has 0 aliphatic rings. The van der Waals surface area contributed by atoms with Crippen molar-refractivity contribution in [3.8, 4) is 11.3 Å². The second kappa shape index (κ2) is 7.67. The summed E-state index contributed by atoms with van der Waals surface area (Å²) in [6, 6.07) is 14.8. The first kappa shape index (κ1) is 18.7. The van der Waals surface area contributed by atoms with E-state index in [4.69, 9.17) is 0 Å². The van der Waals surface area contributed by atoms with E-state index in [0.717, 1.165) is 11.3 Å². The minimum absolute atomic E-state index is 0.276. The molecule has 3 rings (SSSR count). The summed E-state index contributed by atoms with van der Waals surface area (Å²) in [4.78, 5) is 29.3. The van der Waals surface area contributed by atoms with Gasteiger partial charge in [-0.15, -0.1) is 11.3 Å². The predicted octanol–water partition coefficient (Wildman–Crippen LogP) is 4.10. The Morgan fingerprint density at radius 2 is 1.70 bits per heavy atom. The van der Waals surface area contributed by atoms with E-state index in [-0.39, 0.29) is 5.56 Å². The Hall–Kier alpha value is -3.06. The Kier molecular flexibility index (Phi) is 5.32. The van der Waals surface area contributed by atoms with Crippen LogP contribution in [0.2, 0.25) is 0 Å². The molecule has 0 saturated carbocycles. The highest BCUT2D eigenvalue weighted by molar-refractivity contribution is 7.14. The summed E-state index contributed by atoms with van der Waals surface area (Å²) in [5, 5.41) is 7.69. The summed E-state index contributed by atoms with van der Waals surface area (Å²) < 4.78 is 13.0. The molecule has 0 unspecified atom stereocenters. The van der Waals surface area contributed by atoms with Gasteiger partial charge < -0.3 is 5.32 Å². The zero-order valence-corrected chi connectivity index (χ0v) is 15.6. The molecular formula is C20H18FN3O2S. The van der Waals surface area contributed by atoms with Gasteiger partial charge in [0.15, 0.2) is 5.13 Å². The van der Waals surface area contributed by atoms with E-state index in [1.807, 2.05) is 35.7 Å². The van der Waals surface area contributed by atoms with Gasteiger partial charge in [0.1, 0.15) is 11.4 Å². The van der Waals surface area contributed by atoms with Gasteiger partial charge in [0.2, 0.25) is 0 Å². The van der Waals surface area contributed by atoms with Gasteiger partial charge >= 0.3 is 0 Å². The summed E-state index contributed by atoms with van der Waals surface area (Å²) >= 11 is 1.31. The number of hydrogen-bond acceptors (Lipinski definition) is 4. The fourth-order valence-corrected chi connectivity index (χ4v) is 3.05. The summed E-state index contributed by atoms with van der Waals surface area (Å²) in [6.07, 6.45) is 0. The van der Waals surface area contributed by atoms with E-state index in [0.29, 0.717) is 5.13 Å². The van der Waals surface area contributed by atoms with Gasteiger partial charge in [0.05, 0.1) is 5.69 Å². The number of rotatable bonds is 5. The Morgan fingerprint density at radius 1 is 1.04 bits per heavy atom. The first-order chi connectivity index (χ1) is 12.8. The first-order valence-electron chi connectivity index (χ1n) is 8.25. The Labute approximate surface area is 160 Å². The van der Waals surface area contributed by atoms with Crippen LogP contribution in [0.5, 0.6) is 0 Å². The number of amides is 2. The average Bonchev–Trinajstić information content (AvgIpc) is 3.11. The fraction of sp³-hybridized carbons (Fsp3) is 0.150. The second-order valence-electron chi connectivity index (χ2n) is 6.44.